The summed E-state index contributed by atoms with van der Waals surface area (Å²) in [6.07, 6.45) is -19.6. The van der Waals surface area contributed by atoms with Gasteiger partial charge in [0.1, 0.15) is 61.0 Å². The van der Waals surface area contributed by atoms with E-state index in [-0.39, 0.29) is 29.6 Å². The van der Waals surface area contributed by atoms with Crippen molar-refractivity contribution in [1.29, 1.82) is 0 Å². The molecule has 11 N–H and O–H groups in total. The highest BCUT2D eigenvalue weighted by atomic mass is 16.7. The van der Waals surface area contributed by atoms with Gasteiger partial charge < -0.3 is 84.6 Å². The average Bonchev–Trinajstić information content (AvgIpc) is 3.25. The summed E-state index contributed by atoms with van der Waals surface area (Å²) >= 11 is 0. The van der Waals surface area contributed by atoms with Crippen molar-refractivity contribution in [1.82, 2.24) is 0 Å². The van der Waals surface area contributed by atoms with Gasteiger partial charge in [0.25, 0.3) is 0 Å². The maximum absolute atomic E-state index is 14.5. The molecule has 7 fully saturated rings. The van der Waals surface area contributed by atoms with Crippen LogP contribution in [0.2, 0.25) is 0 Å². The number of hydrogen-bond acceptors (Lipinski definition) is 18. The number of carbonyl (C=O) groups is 2. The summed E-state index contributed by atoms with van der Waals surface area (Å²) in [7, 11) is 0. The number of allylic oxidation sites excluding steroid dienone is 3. The number of carbonyl (C=O) groups excluding carboxylic acids is 1. The van der Waals surface area contributed by atoms with Crippen molar-refractivity contribution in [3.05, 3.63) is 23.8 Å². The smallest absolute Gasteiger partial charge is 0.335 e. The van der Waals surface area contributed by atoms with E-state index >= 15 is 0 Å². The molecule has 3 saturated heterocycles. The number of hydrogen-bond donors (Lipinski definition) is 11. The molecule has 0 amide bonds. The number of rotatable bonds is 8. The van der Waals surface area contributed by atoms with E-state index in [4.69, 9.17) is 28.4 Å². The second-order valence-corrected chi connectivity index (χ2v) is 22.2. The predicted molar refractivity (Wildman–Crippen MR) is 226 cm³/mol. The predicted octanol–water partition coefficient (Wildman–Crippen LogP) is -0.239. The van der Waals surface area contributed by atoms with Gasteiger partial charge in [0, 0.05) is 5.92 Å². The van der Waals surface area contributed by atoms with E-state index in [2.05, 4.69) is 33.4 Å². The van der Waals surface area contributed by atoms with E-state index in [0.29, 0.717) is 44.9 Å². The first-order valence-electron chi connectivity index (χ1n) is 23.6. The van der Waals surface area contributed by atoms with Crippen molar-refractivity contribution >= 4 is 11.9 Å². The van der Waals surface area contributed by atoms with Crippen molar-refractivity contribution < 1.29 is 94.2 Å². The zero-order chi connectivity index (χ0) is 48.4. The molecule has 374 valence electrons. The normalized spacial score (nSPS) is 53.6. The van der Waals surface area contributed by atoms with Gasteiger partial charge in [-0.2, -0.15) is 0 Å². The summed E-state index contributed by atoms with van der Waals surface area (Å²) in [6.45, 7) is 15.9. The summed E-state index contributed by atoms with van der Waals surface area (Å²) in [4.78, 5) is 26.9. The van der Waals surface area contributed by atoms with Gasteiger partial charge in [0.2, 0.25) is 6.29 Å². The van der Waals surface area contributed by atoms with Gasteiger partial charge in [-0.1, -0.05) is 58.4 Å². The van der Waals surface area contributed by atoms with Crippen molar-refractivity contribution in [2.75, 3.05) is 6.61 Å². The van der Waals surface area contributed by atoms with Crippen molar-refractivity contribution in [3.63, 3.8) is 0 Å². The van der Waals surface area contributed by atoms with Crippen LogP contribution in [0.1, 0.15) is 99.3 Å². The van der Waals surface area contributed by atoms with Crippen LogP contribution in [0, 0.1) is 44.8 Å². The summed E-state index contributed by atoms with van der Waals surface area (Å²) in [6, 6.07) is 0. The minimum absolute atomic E-state index is 0.0479. The van der Waals surface area contributed by atoms with Crippen LogP contribution < -0.4 is 0 Å². The maximum atomic E-state index is 14.5. The Morgan fingerprint density at radius 2 is 1.41 bits per heavy atom. The Kier molecular flexibility index (Phi) is 13.4. The topological polar surface area (TPSA) is 312 Å². The van der Waals surface area contributed by atoms with Crippen LogP contribution in [0.5, 0.6) is 0 Å². The number of esters is 1. The van der Waals surface area contributed by atoms with Gasteiger partial charge in [0.15, 0.2) is 18.7 Å². The van der Waals surface area contributed by atoms with E-state index in [1.165, 1.54) is 6.92 Å². The lowest BCUT2D eigenvalue weighted by Crippen LogP contribution is -2.69. The lowest BCUT2D eigenvalue weighted by Gasteiger charge is -2.71. The molecule has 0 spiro atoms. The van der Waals surface area contributed by atoms with E-state index in [9.17, 15) is 65.8 Å². The molecule has 0 bridgehead atoms. The fourth-order valence-electron chi connectivity index (χ4n) is 14.7. The van der Waals surface area contributed by atoms with Gasteiger partial charge in [-0.15, -0.1) is 0 Å². The highest BCUT2D eigenvalue weighted by molar-refractivity contribution is 5.79. The Labute approximate surface area is 384 Å². The van der Waals surface area contributed by atoms with Crippen molar-refractivity contribution in [3.8, 4) is 0 Å². The number of aliphatic carboxylic acids is 1. The molecule has 24 atom stereocenters. The monoisotopic (exact) mass is 940 g/mol. The number of aliphatic hydroxyl groups excluding tert-OH is 10. The van der Waals surface area contributed by atoms with Crippen LogP contribution in [0.3, 0.4) is 0 Å². The number of carboxylic acid groups (broad SMARTS) is 1. The first-order valence-corrected chi connectivity index (χ1v) is 23.6. The highest BCUT2D eigenvalue weighted by Crippen LogP contribution is 2.75. The van der Waals surface area contributed by atoms with Crippen LogP contribution in [0.15, 0.2) is 23.8 Å². The Bertz CT molecular complexity index is 1890. The summed E-state index contributed by atoms with van der Waals surface area (Å²) in [5, 5.41) is 118. The molecule has 0 aromatic heterocycles. The Morgan fingerprint density at radius 3 is 2.08 bits per heavy atom. The van der Waals surface area contributed by atoms with Gasteiger partial charge in [-0.05, 0) is 98.2 Å². The third kappa shape index (κ3) is 7.57. The van der Waals surface area contributed by atoms with E-state index in [0.717, 1.165) is 17.6 Å². The molecule has 3 heterocycles. The Morgan fingerprint density at radius 1 is 0.758 bits per heavy atom. The number of ether oxygens (including phenoxy) is 6. The number of fused-ring (bicyclic) bond motifs is 7. The van der Waals surface area contributed by atoms with Gasteiger partial charge in [0.05, 0.1) is 30.3 Å². The molecule has 0 radical (unpaired) electrons. The van der Waals surface area contributed by atoms with Crippen molar-refractivity contribution in [2.24, 2.45) is 44.8 Å². The number of carboxylic acids is 1. The zero-order valence-electron chi connectivity index (χ0n) is 38.6. The SMILES string of the molecule is C=C1CC[C@]2(C(=O)O[C@@H]3O[C@H](CO)[C@@H](O)[C@H](O)[C@H]3O)CC[C@]3(C)C(=CC[C@@H]4[C@@]5(C)C[C@H](O)[C@H](O[C@@H]6O[C@H](C(=O)O)[C@@H](O)[C@H](O[C@@H]7O[C@@H](C)[C@H](O)[C@@H](O)[C@H]7O)[C@H]6O)C(C)(C)[C@@H]5CC[C@]43C)[C@@H]2C1. The molecule has 0 aromatic rings. The van der Waals surface area contributed by atoms with Crippen molar-refractivity contribution in [2.45, 2.75) is 204 Å². The molecular formula is C47H72O19. The van der Waals surface area contributed by atoms with Gasteiger partial charge in [-0.25, -0.2) is 4.79 Å². The molecule has 8 aliphatic rings. The first-order chi connectivity index (χ1) is 30.8. The quantitative estimate of drug-likeness (QED) is 0.0850. The molecule has 8 rings (SSSR count). The molecule has 4 saturated carbocycles. The first kappa shape index (κ1) is 50.2. The second-order valence-electron chi connectivity index (χ2n) is 22.2. The third-order valence-electron chi connectivity index (χ3n) is 18.6. The minimum Gasteiger partial charge on any atom is -0.479 e. The fourth-order valence-corrected chi connectivity index (χ4v) is 14.7. The second kappa shape index (κ2) is 17.6. The van der Waals surface area contributed by atoms with E-state index < -0.39 is 145 Å². The molecule has 3 aliphatic heterocycles. The van der Waals surface area contributed by atoms with Crippen LogP contribution in [-0.4, -0.2) is 179 Å². The van der Waals surface area contributed by atoms with Crippen LogP contribution in [-0.2, 0) is 38.0 Å². The molecule has 19 nitrogen and oxygen atoms in total. The minimum atomic E-state index is -1.98. The summed E-state index contributed by atoms with van der Waals surface area (Å²) < 4.78 is 35.0. The standard InChI is InChI=1S/C47H72O19/c1-19-10-13-47(42(60)66-40-32(55)30(53)28(51)24(18-48)62-40)15-14-45(6)21(22(47)16-19)8-9-26-44(5)17-23(49)37(43(3,4)25(44)11-12-46(26,45)7)65-41-34(57)35(33(56)36(64-41)38(58)59)63-39-31(54)29(52)27(50)20(2)61-39/h8,20,22-37,39-41,48-57H,1,9-18H2,2-7H3,(H,58,59)/t20-,22-,23-,24+,25-,26+,27-,28+,29+,30-,31+,32+,33-,34+,35-,36-,37-,39-,40-,41-,44-,45+,46+,47-/m0/s1. The molecule has 66 heavy (non-hydrogen) atoms. The third-order valence-corrected chi connectivity index (χ3v) is 18.6. The maximum Gasteiger partial charge on any atom is 0.335 e. The van der Waals surface area contributed by atoms with E-state index in [1.54, 1.807) is 0 Å². The van der Waals surface area contributed by atoms with Crippen LogP contribution in [0.25, 0.3) is 0 Å². The van der Waals surface area contributed by atoms with Gasteiger partial charge >= 0.3 is 11.9 Å². The molecular weight excluding hydrogens is 868 g/mol. The molecule has 5 aliphatic carbocycles. The fraction of sp³-hybridized carbons (Fsp3) is 0.872. The lowest BCUT2D eigenvalue weighted by molar-refractivity contribution is -0.368. The van der Waals surface area contributed by atoms with Crippen LogP contribution >= 0.6 is 0 Å². The lowest BCUT2D eigenvalue weighted by atomic mass is 9.33. The number of aliphatic hydroxyl groups is 10. The zero-order valence-corrected chi connectivity index (χ0v) is 38.6. The largest absolute Gasteiger partial charge is 0.479 e. The molecule has 0 aromatic carbocycles. The van der Waals surface area contributed by atoms with Crippen LogP contribution in [0.4, 0.5) is 0 Å². The molecule has 19 heteroatoms. The average molecular weight is 941 g/mol. The Balaban J connectivity index is 1.04. The van der Waals surface area contributed by atoms with Gasteiger partial charge in [-0.3, -0.25) is 4.79 Å². The highest BCUT2D eigenvalue weighted by Gasteiger charge is 2.71. The summed E-state index contributed by atoms with van der Waals surface area (Å²) in [5.41, 5.74) is -0.813. The summed E-state index contributed by atoms with van der Waals surface area (Å²) in [5.74, 6) is -2.45. The van der Waals surface area contributed by atoms with E-state index in [1.807, 2.05) is 13.8 Å². The molecule has 0 unspecified atom stereocenters. The Hall–Kier alpha value is -2.18.